The van der Waals surface area contributed by atoms with E-state index in [1.807, 2.05) is 30.3 Å². The Labute approximate surface area is 219 Å². The van der Waals surface area contributed by atoms with Gasteiger partial charge in [0.25, 0.3) is 0 Å². The van der Waals surface area contributed by atoms with Crippen LogP contribution in [0.5, 0.6) is 23.0 Å². The zero-order chi connectivity index (χ0) is 26.2. The number of rotatable bonds is 6. The molecule has 0 saturated heterocycles. The topological polar surface area (TPSA) is 109 Å². The monoisotopic (exact) mass is 524 g/mol. The van der Waals surface area contributed by atoms with Gasteiger partial charge >= 0.3 is 5.69 Å². The first kappa shape index (κ1) is 23.4. The van der Waals surface area contributed by atoms with Gasteiger partial charge in [-0.15, -0.1) is 11.3 Å². The number of benzene rings is 3. The van der Waals surface area contributed by atoms with E-state index in [-0.39, 0.29) is 5.76 Å². The minimum atomic E-state index is -0.533. The zero-order valence-corrected chi connectivity index (χ0v) is 21.1. The van der Waals surface area contributed by atoms with Crippen molar-refractivity contribution >= 4 is 38.5 Å². The molecule has 188 valence electrons. The van der Waals surface area contributed by atoms with E-state index in [0.29, 0.717) is 60.2 Å². The summed E-state index contributed by atoms with van der Waals surface area (Å²) in [4.78, 5) is 27.0. The van der Waals surface area contributed by atoms with Crippen LogP contribution in [0.4, 0.5) is 0 Å². The maximum Gasteiger partial charge on any atom is 0.354 e. The number of aliphatic hydroxyl groups excluding tert-OH is 1. The largest absolute Gasteiger partial charge is 0.506 e. The molecule has 10 heteroatoms. The smallest absolute Gasteiger partial charge is 0.354 e. The quantitative estimate of drug-likeness (QED) is 0.336. The van der Waals surface area contributed by atoms with Crippen LogP contribution >= 0.6 is 11.3 Å². The molecule has 0 aliphatic heterocycles. The van der Waals surface area contributed by atoms with Crippen LogP contribution in [0.2, 0.25) is 0 Å². The van der Waals surface area contributed by atoms with E-state index in [1.54, 1.807) is 42.5 Å². The van der Waals surface area contributed by atoms with Crippen LogP contribution in [0, 0.1) is 0 Å². The summed E-state index contributed by atoms with van der Waals surface area (Å²) in [7, 11) is 3.06. The third-order valence-electron chi connectivity index (χ3n) is 6.00. The van der Waals surface area contributed by atoms with Gasteiger partial charge in [-0.2, -0.15) is 4.98 Å². The molecule has 0 atom stereocenters. The van der Waals surface area contributed by atoms with Gasteiger partial charge in [-0.05, 0) is 54.6 Å². The minimum Gasteiger partial charge on any atom is -0.506 e. The summed E-state index contributed by atoms with van der Waals surface area (Å²) < 4.78 is 18.4. The molecule has 0 spiro atoms. The number of aromatic nitrogens is 4. The van der Waals surface area contributed by atoms with Crippen molar-refractivity contribution in [1.82, 2.24) is 19.5 Å². The van der Waals surface area contributed by atoms with Crippen LogP contribution in [-0.4, -0.2) is 38.8 Å². The van der Waals surface area contributed by atoms with Crippen molar-refractivity contribution in [3.8, 4) is 28.7 Å². The van der Waals surface area contributed by atoms with Crippen molar-refractivity contribution in [2.24, 2.45) is 0 Å². The number of methoxy groups -OCH3 is 2. The van der Waals surface area contributed by atoms with Gasteiger partial charge in [-0.3, -0.25) is 0 Å². The predicted octanol–water partition coefficient (Wildman–Crippen LogP) is 4.63. The van der Waals surface area contributed by atoms with Crippen LogP contribution in [0.1, 0.15) is 5.56 Å². The number of para-hydroxylation sites is 1. The summed E-state index contributed by atoms with van der Waals surface area (Å²) >= 11 is 1.23. The Morgan fingerprint density at radius 2 is 1.63 bits per heavy atom. The van der Waals surface area contributed by atoms with Gasteiger partial charge < -0.3 is 19.3 Å². The molecular formula is C28H20N4O5S. The molecule has 3 aromatic carbocycles. The second kappa shape index (κ2) is 9.49. The Kier molecular flexibility index (Phi) is 5.85. The highest BCUT2D eigenvalue weighted by Crippen LogP contribution is 2.31. The van der Waals surface area contributed by atoms with Gasteiger partial charge in [0, 0.05) is 5.56 Å². The van der Waals surface area contributed by atoms with Crippen LogP contribution in [-0.2, 0) is 0 Å². The molecule has 38 heavy (non-hydrogen) atoms. The van der Waals surface area contributed by atoms with E-state index in [9.17, 15) is 9.90 Å². The van der Waals surface area contributed by atoms with E-state index in [4.69, 9.17) is 14.2 Å². The first-order valence-corrected chi connectivity index (χ1v) is 12.3. The van der Waals surface area contributed by atoms with Crippen LogP contribution in [0.25, 0.3) is 32.8 Å². The van der Waals surface area contributed by atoms with E-state index in [1.165, 1.54) is 36.5 Å². The molecule has 0 amide bonds. The van der Waals surface area contributed by atoms with Crippen molar-refractivity contribution in [3.05, 3.63) is 99.7 Å². The molecule has 0 saturated carbocycles. The molecule has 0 aliphatic rings. The van der Waals surface area contributed by atoms with E-state index in [0.717, 1.165) is 0 Å². The first-order chi connectivity index (χ1) is 18.6. The standard InChI is InChI=1S/C28H20N4O5S/c1-35-20-13-8-16(14-21(20)36-2)24(33)25-23-22-26(29-15-30-27(22)38-25)32(28(34)31-23)17-9-11-19(12-10-17)37-18-6-4-3-5-7-18/h3-15,33H,1-2H3/b25-24+. The Balaban J connectivity index is 1.49. The number of hydrogen-bond donors (Lipinski definition) is 1. The lowest BCUT2D eigenvalue weighted by Gasteiger charge is -2.10. The molecule has 0 fully saturated rings. The van der Waals surface area contributed by atoms with Gasteiger partial charge in [-0.25, -0.2) is 19.3 Å². The van der Waals surface area contributed by atoms with Gasteiger partial charge in [0.05, 0.1) is 29.8 Å². The maximum atomic E-state index is 13.3. The molecule has 0 bridgehead atoms. The lowest BCUT2D eigenvalue weighted by Crippen LogP contribution is -2.24. The molecular weight excluding hydrogens is 504 g/mol. The van der Waals surface area contributed by atoms with E-state index < -0.39 is 5.69 Å². The van der Waals surface area contributed by atoms with Crippen molar-refractivity contribution < 1.29 is 19.3 Å². The molecule has 3 heterocycles. The van der Waals surface area contributed by atoms with Crippen LogP contribution in [0.15, 0.2) is 83.9 Å². The molecule has 0 aliphatic carbocycles. The number of ether oxygens (including phenoxy) is 3. The summed E-state index contributed by atoms with van der Waals surface area (Å²) in [5, 5.41) is 11.8. The van der Waals surface area contributed by atoms with Crippen molar-refractivity contribution in [2.45, 2.75) is 0 Å². The number of aliphatic hydroxyl groups is 1. The third kappa shape index (κ3) is 3.97. The van der Waals surface area contributed by atoms with Crippen LogP contribution in [0.3, 0.4) is 0 Å². The Bertz CT molecular complexity index is 1900. The summed E-state index contributed by atoms with van der Waals surface area (Å²) in [6.45, 7) is 0. The molecule has 3 aromatic heterocycles. The highest BCUT2D eigenvalue weighted by molar-refractivity contribution is 7.17. The average molecular weight is 525 g/mol. The summed E-state index contributed by atoms with van der Waals surface area (Å²) in [6.07, 6.45) is 1.40. The Morgan fingerprint density at radius 1 is 0.895 bits per heavy atom. The molecule has 0 radical (unpaired) electrons. The highest BCUT2D eigenvalue weighted by Gasteiger charge is 2.20. The molecule has 9 nitrogen and oxygen atoms in total. The average Bonchev–Trinajstić information content (AvgIpc) is 3.33. The SMILES string of the molecule is COc1ccc(/C(O)=c2\sc3ncnc4c3c2nc(=O)n4-c2ccc(Oc3ccccc3)cc2)cc1OC. The van der Waals surface area contributed by atoms with Gasteiger partial charge in [0.2, 0.25) is 0 Å². The predicted molar refractivity (Wildman–Crippen MR) is 145 cm³/mol. The molecule has 0 unspecified atom stereocenters. The van der Waals surface area contributed by atoms with E-state index >= 15 is 0 Å². The minimum absolute atomic E-state index is 0.0534. The second-order valence-electron chi connectivity index (χ2n) is 8.21. The third-order valence-corrected chi connectivity index (χ3v) is 7.09. The van der Waals surface area contributed by atoms with Crippen molar-refractivity contribution in [2.75, 3.05) is 14.2 Å². The lowest BCUT2D eigenvalue weighted by molar-refractivity contribution is 0.354. The van der Waals surface area contributed by atoms with E-state index in [2.05, 4.69) is 15.0 Å². The molecule has 1 N–H and O–H groups in total. The van der Waals surface area contributed by atoms with Crippen molar-refractivity contribution in [1.29, 1.82) is 0 Å². The summed E-state index contributed by atoms with van der Waals surface area (Å²) in [6, 6.07) is 21.6. The van der Waals surface area contributed by atoms with Gasteiger partial charge in [0.15, 0.2) is 17.1 Å². The maximum absolute atomic E-state index is 13.3. The lowest BCUT2D eigenvalue weighted by atomic mass is 10.1. The normalized spacial score (nSPS) is 12.1. The summed E-state index contributed by atoms with van der Waals surface area (Å²) in [5.74, 6) is 2.28. The fourth-order valence-corrected chi connectivity index (χ4v) is 5.25. The number of nitrogens with zero attached hydrogens (tertiary/aromatic N) is 4. The fraction of sp³-hybridized carbons (Fsp3) is 0.0714. The molecule has 6 aromatic rings. The van der Waals surface area contributed by atoms with Crippen molar-refractivity contribution in [3.63, 3.8) is 0 Å². The highest BCUT2D eigenvalue weighted by atomic mass is 32.1. The summed E-state index contributed by atoms with van der Waals surface area (Å²) in [5.41, 5.74) is 1.25. The molecule has 6 rings (SSSR count). The van der Waals surface area contributed by atoms with Gasteiger partial charge in [-0.1, -0.05) is 18.2 Å². The van der Waals surface area contributed by atoms with Gasteiger partial charge in [0.1, 0.15) is 33.9 Å². The fourth-order valence-electron chi connectivity index (χ4n) is 4.21. The van der Waals surface area contributed by atoms with Crippen LogP contribution < -0.4 is 24.4 Å². The first-order valence-electron chi connectivity index (χ1n) is 11.5. The second-order valence-corrected chi connectivity index (χ2v) is 9.21. The zero-order valence-electron chi connectivity index (χ0n) is 20.3. The Hall–Kier alpha value is -4.96. The number of hydrogen-bond acceptors (Lipinski definition) is 9. The number of thiophene rings is 1. The Morgan fingerprint density at radius 3 is 2.37 bits per heavy atom.